The lowest BCUT2D eigenvalue weighted by molar-refractivity contribution is 0.445. The summed E-state index contributed by atoms with van der Waals surface area (Å²) in [6, 6.07) is 1.85. The van der Waals surface area contributed by atoms with Crippen molar-refractivity contribution >= 4 is 0 Å². The van der Waals surface area contributed by atoms with Crippen molar-refractivity contribution in [1.29, 1.82) is 5.26 Å². The van der Waals surface area contributed by atoms with Crippen LogP contribution in [0.5, 0.6) is 0 Å². The normalized spacial score (nSPS) is 9.20. The molecule has 1 rings (SSSR count). The summed E-state index contributed by atoms with van der Waals surface area (Å²) < 4.78 is 13.2. The van der Waals surface area contributed by atoms with Gasteiger partial charge in [0.1, 0.15) is 12.7 Å². The molecule has 0 spiro atoms. The molecule has 1 aromatic rings. The second-order valence-electron chi connectivity index (χ2n) is 1.80. The van der Waals surface area contributed by atoms with Crippen molar-refractivity contribution in [3.63, 3.8) is 0 Å². The Labute approximate surface area is 57.7 Å². The molecule has 0 aliphatic carbocycles. The molecular weight excluding hydrogens is 133 g/mol. The topological polar surface area (TPSA) is 41.6 Å². The van der Waals surface area contributed by atoms with Crippen molar-refractivity contribution in [2.45, 2.75) is 6.54 Å². The maximum atomic E-state index is 11.7. The highest BCUT2D eigenvalue weighted by Crippen LogP contribution is 1.92. The third-order valence-corrected chi connectivity index (χ3v) is 1.09. The van der Waals surface area contributed by atoms with E-state index >= 15 is 0 Å². The molecule has 1 heterocycles. The average Bonchev–Trinajstić information content (AvgIpc) is 2.37. The van der Waals surface area contributed by atoms with Gasteiger partial charge >= 0.3 is 0 Å². The number of aromatic nitrogens is 2. The Morgan fingerprint density at radius 1 is 1.80 bits per heavy atom. The lowest BCUT2D eigenvalue weighted by atomic mass is 10.5. The number of rotatable bonds is 2. The van der Waals surface area contributed by atoms with Gasteiger partial charge in [0.05, 0.1) is 12.9 Å². The number of nitrogens with zero attached hydrogens (tertiary/aromatic N) is 3. The zero-order valence-corrected chi connectivity index (χ0v) is 5.29. The van der Waals surface area contributed by atoms with Gasteiger partial charge in [0.25, 0.3) is 0 Å². The molecule has 0 fully saturated rings. The summed E-state index contributed by atoms with van der Waals surface area (Å²) in [7, 11) is 0. The fourth-order valence-electron chi connectivity index (χ4n) is 0.638. The molecule has 1 aromatic heterocycles. The summed E-state index contributed by atoms with van der Waals surface area (Å²) in [5.74, 6) is 0. The van der Waals surface area contributed by atoms with Crippen LogP contribution in [0.2, 0.25) is 0 Å². The molecule has 0 saturated carbocycles. The minimum atomic E-state index is -0.429. The van der Waals surface area contributed by atoms with Crippen LogP contribution in [0.3, 0.4) is 0 Å². The Hall–Kier alpha value is -1.37. The largest absolute Gasteiger partial charge is 0.333 e. The number of aryl methyl sites for hydroxylation is 1. The van der Waals surface area contributed by atoms with E-state index in [1.54, 1.807) is 4.57 Å². The fourth-order valence-corrected chi connectivity index (χ4v) is 0.638. The molecule has 0 aliphatic heterocycles. The van der Waals surface area contributed by atoms with E-state index in [2.05, 4.69) is 4.98 Å². The number of hydrogen-bond acceptors (Lipinski definition) is 2. The summed E-state index contributed by atoms with van der Waals surface area (Å²) in [5.41, 5.74) is 0.327. The summed E-state index contributed by atoms with van der Waals surface area (Å²) >= 11 is 0. The Balaban J connectivity index is 2.71. The Morgan fingerprint density at radius 3 is 3.10 bits per heavy atom. The second kappa shape index (κ2) is 2.97. The average molecular weight is 139 g/mol. The summed E-state index contributed by atoms with van der Waals surface area (Å²) in [4.78, 5) is 3.69. The van der Waals surface area contributed by atoms with Crippen LogP contribution in [-0.4, -0.2) is 16.2 Å². The van der Waals surface area contributed by atoms with E-state index < -0.39 is 6.67 Å². The lowest BCUT2D eigenvalue weighted by Gasteiger charge is -1.91. The first-order valence-electron chi connectivity index (χ1n) is 2.84. The van der Waals surface area contributed by atoms with E-state index in [0.717, 1.165) is 0 Å². The maximum absolute atomic E-state index is 11.7. The van der Waals surface area contributed by atoms with Gasteiger partial charge in [-0.15, -0.1) is 0 Å². The summed E-state index contributed by atoms with van der Waals surface area (Å²) in [6.07, 6.45) is 2.96. The van der Waals surface area contributed by atoms with Crippen molar-refractivity contribution in [2.24, 2.45) is 0 Å². The number of nitriles is 1. The summed E-state index contributed by atoms with van der Waals surface area (Å²) in [6.45, 7) is -0.157. The van der Waals surface area contributed by atoms with Crippen molar-refractivity contribution < 1.29 is 4.39 Å². The van der Waals surface area contributed by atoms with E-state index in [0.29, 0.717) is 5.69 Å². The highest BCUT2D eigenvalue weighted by molar-refractivity contribution is 5.15. The number of imidazole rings is 1. The van der Waals surface area contributed by atoms with E-state index in [-0.39, 0.29) is 6.54 Å². The van der Waals surface area contributed by atoms with Gasteiger partial charge in [0.15, 0.2) is 5.69 Å². The number of alkyl halides is 1. The highest BCUT2D eigenvalue weighted by atomic mass is 19.1. The summed E-state index contributed by atoms with van der Waals surface area (Å²) in [5, 5.41) is 8.30. The van der Waals surface area contributed by atoms with Crippen molar-refractivity contribution in [3.8, 4) is 6.07 Å². The molecule has 0 radical (unpaired) electrons. The predicted octanol–water partition coefficient (Wildman–Crippen LogP) is 0.724. The minimum Gasteiger partial charge on any atom is -0.333 e. The molecule has 4 heteroatoms. The Kier molecular flexibility index (Phi) is 2.00. The molecule has 0 unspecified atom stereocenters. The first-order chi connectivity index (χ1) is 4.86. The molecule has 0 bridgehead atoms. The molecule has 3 nitrogen and oxygen atoms in total. The van der Waals surface area contributed by atoms with Gasteiger partial charge < -0.3 is 4.57 Å². The number of hydrogen-bond donors (Lipinski definition) is 0. The zero-order valence-electron chi connectivity index (χ0n) is 5.29. The lowest BCUT2D eigenvalue weighted by Crippen LogP contribution is -1.94. The Bertz CT molecular complexity index is 248. The monoisotopic (exact) mass is 139 g/mol. The van der Waals surface area contributed by atoms with Crippen LogP contribution in [0, 0.1) is 11.3 Å². The van der Waals surface area contributed by atoms with Gasteiger partial charge in [-0.05, 0) is 0 Å². The minimum absolute atomic E-state index is 0.272. The number of halogens is 1. The van der Waals surface area contributed by atoms with E-state index in [9.17, 15) is 4.39 Å². The van der Waals surface area contributed by atoms with Crippen LogP contribution in [0.1, 0.15) is 5.69 Å². The third-order valence-electron chi connectivity index (χ3n) is 1.09. The Morgan fingerprint density at radius 2 is 2.60 bits per heavy atom. The van der Waals surface area contributed by atoms with Crippen molar-refractivity contribution in [3.05, 3.63) is 18.2 Å². The molecule has 10 heavy (non-hydrogen) atoms. The molecule has 0 aromatic carbocycles. The highest BCUT2D eigenvalue weighted by Gasteiger charge is 1.94. The van der Waals surface area contributed by atoms with Crippen LogP contribution in [0.4, 0.5) is 4.39 Å². The first-order valence-corrected chi connectivity index (χ1v) is 2.84. The van der Waals surface area contributed by atoms with Crippen LogP contribution < -0.4 is 0 Å². The van der Waals surface area contributed by atoms with Gasteiger partial charge in [0, 0.05) is 6.20 Å². The molecular formula is C6H6FN3. The van der Waals surface area contributed by atoms with E-state index in [4.69, 9.17) is 5.26 Å². The van der Waals surface area contributed by atoms with E-state index in [1.165, 1.54) is 12.5 Å². The van der Waals surface area contributed by atoms with E-state index in [1.807, 2.05) is 6.07 Å². The maximum Gasteiger partial charge on any atom is 0.158 e. The smallest absolute Gasteiger partial charge is 0.158 e. The second-order valence-corrected chi connectivity index (χ2v) is 1.80. The molecule has 0 atom stereocenters. The molecule has 0 amide bonds. The zero-order chi connectivity index (χ0) is 7.40. The fraction of sp³-hybridized carbons (Fsp3) is 0.333. The van der Waals surface area contributed by atoms with Crippen LogP contribution >= 0.6 is 0 Å². The predicted molar refractivity (Wildman–Crippen MR) is 32.9 cm³/mol. The van der Waals surface area contributed by atoms with Gasteiger partial charge in [-0.1, -0.05) is 0 Å². The molecule has 0 N–H and O–H groups in total. The van der Waals surface area contributed by atoms with Crippen LogP contribution in [0.25, 0.3) is 0 Å². The van der Waals surface area contributed by atoms with Gasteiger partial charge in [-0.3, -0.25) is 0 Å². The van der Waals surface area contributed by atoms with Crippen molar-refractivity contribution in [1.82, 2.24) is 9.55 Å². The third kappa shape index (κ3) is 1.32. The van der Waals surface area contributed by atoms with Crippen LogP contribution in [0.15, 0.2) is 12.5 Å². The molecule has 0 saturated heterocycles. The first kappa shape index (κ1) is 6.75. The quantitative estimate of drug-likeness (QED) is 0.605. The van der Waals surface area contributed by atoms with Gasteiger partial charge in [-0.25, -0.2) is 9.37 Å². The van der Waals surface area contributed by atoms with Crippen molar-refractivity contribution in [2.75, 3.05) is 6.67 Å². The SMILES string of the molecule is N#Cc1cn(CCF)cn1. The molecule has 0 aliphatic rings. The van der Waals surface area contributed by atoms with Gasteiger partial charge in [-0.2, -0.15) is 5.26 Å². The molecule has 52 valence electrons. The van der Waals surface area contributed by atoms with Crippen LogP contribution in [-0.2, 0) is 6.54 Å². The van der Waals surface area contributed by atoms with Gasteiger partial charge in [0.2, 0.25) is 0 Å². The standard InChI is InChI=1S/C6H6FN3/c7-1-2-10-4-6(3-8)9-5-10/h4-5H,1-2H2.